The van der Waals surface area contributed by atoms with Crippen molar-refractivity contribution in [1.82, 2.24) is 15.8 Å². The fourth-order valence-electron chi connectivity index (χ4n) is 4.60. The van der Waals surface area contributed by atoms with Gasteiger partial charge in [-0.15, -0.1) is 0 Å². The zero-order chi connectivity index (χ0) is 14.8. The first-order chi connectivity index (χ1) is 10.7. The molecule has 2 heterocycles. The van der Waals surface area contributed by atoms with Crippen LogP contribution in [0.1, 0.15) is 45.4 Å². The van der Waals surface area contributed by atoms with Crippen molar-refractivity contribution in [3.05, 3.63) is 36.0 Å². The molecule has 3 heteroatoms. The molecule has 1 saturated heterocycles. The Morgan fingerprint density at radius 1 is 1.14 bits per heavy atom. The van der Waals surface area contributed by atoms with Crippen LogP contribution in [0.5, 0.6) is 0 Å². The van der Waals surface area contributed by atoms with E-state index in [1.807, 2.05) is 0 Å². The molecule has 0 radical (unpaired) electrons. The second-order valence-electron chi connectivity index (χ2n) is 8.26. The van der Waals surface area contributed by atoms with Crippen molar-refractivity contribution in [2.24, 2.45) is 11.3 Å². The number of hydrogen-bond acceptors (Lipinski definition) is 3. The van der Waals surface area contributed by atoms with Gasteiger partial charge in [0, 0.05) is 18.0 Å². The molecule has 6 rings (SSSR count). The van der Waals surface area contributed by atoms with Crippen molar-refractivity contribution in [3.8, 4) is 0 Å². The van der Waals surface area contributed by atoms with Crippen LogP contribution in [-0.4, -0.2) is 29.3 Å². The third kappa shape index (κ3) is 2.06. The standard InChI is InChI=1S/C19H27N3/c1-18-10-11-19(9-3-2-4-15(19)12-18)13-20-17(14-5-6-14)21-22(18)16-7-8-16/h2-4,9,12,14,16-17,20-21H,5-8,10-11,13H2,1H3/t17?,18-,19+/m1/s1. The molecule has 4 aliphatic carbocycles. The second-order valence-corrected chi connectivity index (χ2v) is 8.26. The van der Waals surface area contributed by atoms with Gasteiger partial charge in [0.25, 0.3) is 0 Å². The first-order valence-corrected chi connectivity index (χ1v) is 9.07. The molecule has 0 aromatic carbocycles. The van der Waals surface area contributed by atoms with E-state index in [0.29, 0.717) is 6.17 Å². The van der Waals surface area contributed by atoms with E-state index >= 15 is 0 Å². The zero-order valence-corrected chi connectivity index (χ0v) is 13.5. The Bertz CT molecular complexity index is 569. The third-order valence-corrected chi connectivity index (χ3v) is 6.39. The Morgan fingerprint density at radius 3 is 2.77 bits per heavy atom. The van der Waals surface area contributed by atoms with Gasteiger partial charge in [0.15, 0.2) is 0 Å². The van der Waals surface area contributed by atoms with E-state index in [4.69, 9.17) is 0 Å². The Balaban J connectivity index is 1.58. The monoisotopic (exact) mass is 297 g/mol. The highest BCUT2D eigenvalue weighted by Gasteiger charge is 2.49. The molecule has 6 aliphatic rings. The van der Waals surface area contributed by atoms with E-state index in [1.165, 1.54) is 44.1 Å². The van der Waals surface area contributed by atoms with Gasteiger partial charge >= 0.3 is 0 Å². The molecule has 2 saturated carbocycles. The first-order valence-electron chi connectivity index (χ1n) is 9.07. The highest BCUT2D eigenvalue weighted by Crippen LogP contribution is 2.49. The van der Waals surface area contributed by atoms with Crippen molar-refractivity contribution in [2.75, 3.05) is 6.54 Å². The molecule has 0 aromatic rings. The third-order valence-electron chi connectivity index (χ3n) is 6.39. The van der Waals surface area contributed by atoms with E-state index in [0.717, 1.165) is 18.5 Å². The summed E-state index contributed by atoms with van der Waals surface area (Å²) >= 11 is 0. The number of fused-ring (bicyclic) bond motifs is 5. The predicted molar refractivity (Wildman–Crippen MR) is 88.9 cm³/mol. The molecular formula is C19H27N3. The van der Waals surface area contributed by atoms with Crippen LogP contribution in [-0.2, 0) is 0 Å². The molecule has 1 unspecified atom stereocenters. The molecule has 22 heavy (non-hydrogen) atoms. The van der Waals surface area contributed by atoms with Gasteiger partial charge in [-0.1, -0.05) is 30.4 Å². The number of rotatable bonds is 2. The number of allylic oxidation sites excluding steroid dienone is 3. The first kappa shape index (κ1) is 13.5. The molecule has 2 aliphatic heterocycles. The summed E-state index contributed by atoms with van der Waals surface area (Å²) in [4.78, 5) is 0. The van der Waals surface area contributed by atoms with Gasteiger partial charge in [-0.3, -0.25) is 5.32 Å². The molecule has 3 nitrogen and oxygen atoms in total. The van der Waals surface area contributed by atoms with Gasteiger partial charge in [-0.25, -0.2) is 10.4 Å². The van der Waals surface area contributed by atoms with Crippen LogP contribution in [0.3, 0.4) is 0 Å². The fourth-order valence-corrected chi connectivity index (χ4v) is 4.60. The van der Waals surface area contributed by atoms with Crippen LogP contribution in [0.25, 0.3) is 0 Å². The van der Waals surface area contributed by atoms with Crippen LogP contribution in [0.4, 0.5) is 0 Å². The predicted octanol–water partition coefficient (Wildman–Crippen LogP) is 2.89. The van der Waals surface area contributed by atoms with E-state index < -0.39 is 0 Å². The van der Waals surface area contributed by atoms with E-state index in [-0.39, 0.29) is 11.0 Å². The average Bonchev–Trinajstić information content (AvgIpc) is 3.40. The summed E-state index contributed by atoms with van der Waals surface area (Å²) < 4.78 is 0. The van der Waals surface area contributed by atoms with Gasteiger partial charge in [-0.05, 0) is 56.9 Å². The van der Waals surface area contributed by atoms with Crippen LogP contribution >= 0.6 is 0 Å². The van der Waals surface area contributed by atoms with E-state index in [9.17, 15) is 0 Å². The van der Waals surface area contributed by atoms with E-state index in [1.54, 1.807) is 0 Å². The quantitative estimate of drug-likeness (QED) is 0.821. The topological polar surface area (TPSA) is 27.3 Å². The molecule has 3 fully saturated rings. The normalized spacial score (nSPS) is 45.0. The van der Waals surface area contributed by atoms with Crippen molar-refractivity contribution >= 4 is 0 Å². The number of nitrogens with zero attached hydrogens (tertiary/aromatic N) is 1. The van der Waals surface area contributed by atoms with Gasteiger partial charge in [-0.2, -0.15) is 0 Å². The van der Waals surface area contributed by atoms with Crippen molar-refractivity contribution in [2.45, 2.75) is 63.2 Å². The largest absolute Gasteiger partial charge is 0.299 e. The number of hydrazine groups is 1. The molecule has 2 bridgehead atoms. The Labute approximate surface area is 133 Å². The lowest BCUT2D eigenvalue weighted by molar-refractivity contribution is 0.0338. The Hall–Kier alpha value is -0.900. The number of hydrogen-bond donors (Lipinski definition) is 2. The van der Waals surface area contributed by atoms with Crippen molar-refractivity contribution < 1.29 is 0 Å². The van der Waals surface area contributed by atoms with Crippen LogP contribution in [0.2, 0.25) is 0 Å². The molecule has 3 atom stereocenters. The summed E-state index contributed by atoms with van der Waals surface area (Å²) in [6.07, 6.45) is 20.2. The summed E-state index contributed by atoms with van der Waals surface area (Å²) in [6.45, 7) is 3.51. The fraction of sp³-hybridized carbons (Fsp3) is 0.684. The molecule has 0 amide bonds. The molecule has 1 spiro atoms. The van der Waals surface area contributed by atoms with Gasteiger partial charge in [0.1, 0.15) is 0 Å². The van der Waals surface area contributed by atoms with Crippen LogP contribution in [0.15, 0.2) is 36.0 Å². The molecule has 118 valence electrons. The van der Waals surface area contributed by atoms with Crippen LogP contribution in [0, 0.1) is 11.3 Å². The van der Waals surface area contributed by atoms with Crippen molar-refractivity contribution in [3.63, 3.8) is 0 Å². The minimum Gasteiger partial charge on any atom is -0.299 e. The lowest BCUT2D eigenvalue weighted by Gasteiger charge is -2.46. The average molecular weight is 297 g/mol. The lowest BCUT2D eigenvalue weighted by Crippen LogP contribution is -2.60. The highest BCUT2D eigenvalue weighted by molar-refractivity contribution is 5.43. The minimum atomic E-state index is 0.161. The number of nitrogens with one attached hydrogen (secondary N) is 2. The maximum absolute atomic E-state index is 3.92. The summed E-state index contributed by atoms with van der Waals surface area (Å²) in [5.41, 5.74) is 5.84. The van der Waals surface area contributed by atoms with Gasteiger partial charge < -0.3 is 0 Å². The zero-order valence-electron chi connectivity index (χ0n) is 13.5. The Morgan fingerprint density at radius 2 is 2.00 bits per heavy atom. The van der Waals surface area contributed by atoms with Crippen LogP contribution < -0.4 is 10.7 Å². The van der Waals surface area contributed by atoms with E-state index in [2.05, 4.69) is 53.1 Å². The molecular weight excluding hydrogens is 270 g/mol. The summed E-state index contributed by atoms with van der Waals surface area (Å²) in [5, 5.41) is 6.51. The highest BCUT2D eigenvalue weighted by atomic mass is 15.6. The smallest absolute Gasteiger partial charge is 0.0735 e. The molecule has 0 aromatic heterocycles. The summed E-state index contributed by atoms with van der Waals surface area (Å²) in [7, 11) is 0. The second kappa shape index (κ2) is 4.56. The summed E-state index contributed by atoms with van der Waals surface area (Å²) in [5.74, 6) is 0.824. The maximum Gasteiger partial charge on any atom is 0.0735 e. The van der Waals surface area contributed by atoms with Gasteiger partial charge in [0.05, 0.1) is 11.7 Å². The maximum atomic E-state index is 3.92. The minimum absolute atomic E-state index is 0.161. The molecule has 2 N–H and O–H groups in total. The van der Waals surface area contributed by atoms with Crippen molar-refractivity contribution in [1.29, 1.82) is 0 Å². The van der Waals surface area contributed by atoms with Gasteiger partial charge in [0.2, 0.25) is 0 Å². The SMILES string of the molecule is C[C@]12C=C3C=CC=C[C@]3(CC1)CNC(C1CC1)NN2C1CC1. The summed E-state index contributed by atoms with van der Waals surface area (Å²) in [6, 6.07) is 0.735. The Kier molecular flexibility index (Phi) is 2.80. The lowest BCUT2D eigenvalue weighted by atomic mass is 9.66.